The summed E-state index contributed by atoms with van der Waals surface area (Å²) in [4.78, 5) is 141. The first kappa shape index (κ1) is 94.2. The molecule has 6 fully saturated rings. The molecule has 5 aliphatic carbocycles. The number of benzene rings is 6. The van der Waals surface area contributed by atoms with Crippen LogP contribution in [0, 0.1) is 29.6 Å². The summed E-state index contributed by atoms with van der Waals surface area (Å²) in [5.74, 6) is -16.2. The number of hydrogen-bond donors (Lipinski definition) is 21. The van der Waals surface area contributed by atoms with Gasteiger partial charge in [0.25, 0.3) is 5.91 Å². The fourth-order valence-corrected chi connectivity index (χ4v) is 19.8. The van der Waals surface area contributed by atoms with Crippen molar-refractivity contribution in [3.05, 3.63) is 152 Å². The van der Waals surface area contributed by atoms with Gasteiger partial charge in [-0.25, -0.2) is 0 Å². The van der Waals surface area contributed by atoms with E-state index in [-0.39, 0.29) is 135 Å². The molecule has 18 atom stereocenters. The third-order valence-electron chi connectivity index (χ3n) is 25.8. The lowest BCUT2D eigenvalue weighted by Crippen LogP contribution is -2.64. The number of aromatic hydroxyl groups is 1. The van der Waals surface area contributed by atoms with Crippen LogP contribution in [0.3, 0.4) is 0 Å². The summed E-state index contributed by atoms with van der Waals surface area (Å²) in [6.45, 7) is 6.36. The van der Waals surface area contributed by atoms with Gasteiger partial charge in [0, 0.05) is 34.7 Å². The first-order valence-corrected chi connectivity index (χ1v) is 44.1. The molecule has 15 bridgehead atoms. The van der Waals surface area contributed by atoms with Crippen LogP contribution in [-0.2, 0) is 58.4 Å². The Labute approximate surface area is 755 Å². The number of carbonyl (C=O) groups is 9. The molecular weight excluding hydrogens is 1740 g/mol. The molecule has 6 aromatic rings. The number of hydrogen-bond acceptors (Lipinski definition) is 30. The van der Waals surface area contributed by atoms with Gasteiger partial charge in [-0.3, -0.25) is 48.5 Å². The van der Waals surface area contributed by atoms with Gasteiger partial charge in [-0.15, -0.1) is 0 Å². The number of nitrogens with one attached hydrogen (secondary N) is 9. The molecule has 2 saturated heterocycles. The highest BCUT2D eigenvalue weighted by Gasteiger charge is 2.54. The zero-order valence-electron chi connectivity index (χ0n) is 71.6. The summed E-state index contributed by atoms with van der Waals surface area (Å²) >= 11 is 14.6. The molecule has 130 heavy (non-hydrogen) atoms. The van der Waals surface area contributed by atoms with E-state index in [2.05, 4.69) is 47.9 Å². The van der Waals surface area contributed by atoms with Crippen molar-refractivity contribution >= 4 is 76.4 Å². The Morgan fingerprint density at radius 2 is 1.27 bits per heavy atom. The number of carbonyl (C=O) groups excluding carboxylic acids is 9. The van der Waals surface area contributed by atoms with Crippen molar-refractivity contribution in [2.45, 2.75) is 213 Å². The lowest BCUT2D eigenvalue weighted by atomic mass is 9.54. The Morgan fingerprint density at radius 1 is 0.654 bits per heavy atom. The molecule has 18 rings (SSSR count). The van der Waals surface area contributed by atoms with Gasteiger partial charge in [-0.1, -0.05) is 61.3 Å². The Kier molecular flexibility index (Phi) is 28.1. The van der Waals surface area contributed by atoms with E-state index in [9.17, 15) is 60.3 Å². The number of rotatable bonds is 23. The predicted molar refractivity (Wildman–Crippen MR) is 461 cm³/mol. The summed E-state index contributed by atoms with van der Waals surface area (Å²) in [6.07, 6.45) is -13.9. The number of phenolic OH excluding ortho intramolecular Hbond substituents is 1. The van der Waals surface area contributed by atoms with Crippen molar-refractivity contribution in [3.8, 4) is 57.1 Å². The van der Waals surface area contributed by atoms with Gasteiger partial charge >= 0.3 is 0 Å². The molecule has 0 radical (unpaired) electrons. The summed E-state index contributed by atoms with van der Waals surface area (Å²) in [5, 5.41) is 131. The maximum Gasteiger partial charge on any atom is 0.257 e. The quantitative estimate of drug-likeness (QED) is 0.0322. The number of fused-ring (bicyclic) bond motifs is 12. The van der Waals surface area contributed by atoms with Gasteiger partial charge in [-0.2, -0.15) is 0 Å². The van der Waals surface area contributed by atoms with Crippen LogP contribution in [-0.4, -0.2) is 224 Å². The number of ether oxygens (including phenoxy) is 8. The summed E-state index contributed by atoms with van der Waals surface area (Å²) in [6, 6.07) is 4.30. The number of phenols is 1. The van der Waals surface area contributed by atoms with Crippen molar-refractivity contribution in [3.63, 3.8) is 0 Å². The van der Waals surface area contributed by atoms with Crippen molar-refractivity contribution < 1.29 is 127 Å². The number of halogens is 2. The molecule has 4 saturated carbocycles. The third kappa shape index (κ3) is 19.4. The number of likely N-dealkylation sites (N-methyl/N-ethyl adjacent to an activating group) is 1. The minimum atomic E-state index is -3.01. The second kappa shape index (κ2) is 38.8. The standard InChI is InChI=1S/C90H108Cl2N12O26/c1-37(2)20-55(96-5)81(114)103-71-73(108)42-9-13-57(53(91)27-42)126-61-30-47-31-62(77(61)130-88-78(76(111)75(110)63(36-105)128-88)129-65-35-89(4,95)79(112)38(3)125-65)127-58-14-10-43(28-54(58)92)74(109)72-87(120)102-70(85(118)99-67-45-22-39-21-40(24-45)25-46(67)23-39)50-32-48(106)33-52-66(50)49-26-41(8-12-51(49)90(52,121)122)68(83(116)104-72)101-84(117)69(47)100-82(115)56(97-86(71)119)34-64(107)98-80(113)44-11-15-59(123-18-6-16-93)60(29-44)124-19-7-17-94/h8-15,26-33,37-40,45-46,55-56,63,65,67-76,78-79,88,96,105-106,108-112,121-122H,6-7,16-25,34-36,93-95H2,1-5H3,(H,97,119)(H,99,118)(H,100,115)(H,101,117)(H,102,120)(H,103,114)(H,104,116)(H,98,107,113)/t38-,39?,40?,45?,46?,55+,56-,63+,65-,67?,68+,69+,70-,71+,72-,73+,74+,75+,76-,78+,79+,88-,89-/m0/s1. The zero-order chi connectivity index (χ0) is 93.0. The summed E-state index contributed by atoms with van der Waals surface area (Å²) < 4.78 is 51.1. The van der Waals surface area contributed by atoms with E-state index in [4.69, 9.17) is 78.3 Å². The molecule has 0 unspecified atom stereocenters. The van der Waals surface area contributed by atoms with Crippen LogP contribution in [0.1, 0.15) is 172 Å². The SMILES string of the molecule is CN[C@H](CC(C)C)C(=O)N[C@H]1C(=O)N[C@@H](CC(=O)NC(=O)c2ccc(OCCCN)c(OCCCN)c2)C(=O)N[C@H]2C(=O)N[C@H]3C(=O)N[C@H](C(=O)N[C@H](C(=O)NC4C5CC6CC(C5)CC4C6)c4cc(O)cc5c4-c4cc3ccc4C5(O)O)[C@H](O)c3ccc(c(Cl)c3)Oc3cc2cc(c3O[C@@H]2O[C@H](CO)[C@@H](O)[C@H](O)[C@H]2O[C@H]2C[C@](C)(N)[C@H](O)[C@H](C)O2)Oc2ccc(cc2Cl)[C@H]1O. The minimum Gasteiger partial charge on any atom is -0.508 e. The van der Waals surface area contributed by atoms with Gasteiger partial charge in [0.1, 0.15) is 84.0 Å². The van der Waals surface area contributed by atoms with E-state index in [0.717, 1.165) is 68.5 Å². The molecular formula is C90H108Cl2N12O26. The van der Waals surface area contributed by atoms with Crippen LogP contribution in [0.4, 0.5) is 0 Å². The second-order valence-electron chi connectivity index (χ2n) is 35.6. The summed E-state index contributed by atoms with van der Waals surface area (Å²) in [7, 11) is 1.47. The lowest BCUT2D eigenvalue weighted by molar-refractivity contribution is -0.333. The monoisotopic (exact) mass is 1840 g/mol. The smallest absolute Gasteiger partial charge is 0.257 e. The van der Waals surface area contributed by atoms with Crippen LogP contribution in [0.15, 0.2) is 97.1 Å². The number of aliphatic hydroxyl groups excluding tert-OH is 6. The van der Waals surface area contributed by atoms with E-state index in [1.807, 2.05) is 13.8 Å². The van der Waals surface area contributed by atoms with Gasteiger partial charge in [-0.05, 0) is 227 Å². The van der Waals surface area contributed by atoms with Crippen LogP contribution in [0.2, 0.25) is 10.0 Å². The Balaban J connectivity index is 0.920. The van der Waals surface area contributed by atoms with Crippen LogP contribution in [0.5, 0.6) is 46.0 Å². The van der Waals surface area contributed by atoms with E-state index >= 15 is 28.8 Å². The van der Waals surface area contributed by atoms with E-state index in [1.54, 1.807) is 0 Å². The maximum atomic E-state index is 16.8. The first-order chi connectivity index (χ1) is 61.9. The average molecular weight is 1840 g/mol. The molecule has 9 amide bonds. The zero-order valence-corrected chi connectivity index (χ0v) is 73.1. The fraction of sp³-hybridized carbons (Fsp3) is 0.500. The lowest BCUT2D eigenvalue weighted by Gasteiger charge is -2.54. The Hall–Kier alpha value is -10.5. The van der Waals surface area contributed by atoms with E-state index < -0.39 is 220 Å². The van der Waals surface area contributed by atoms with Crippen molar-refractivity contribution in [2.75, 3.05) is 40.0 Å². The molecule has 12 aliphatic rings. The molecule has 40 heteroatoms. The van der Waals surface area contributed by atoms with E-state index in [1.165, 1.54) is 81.6 Å². The largest absolute Gasteiger partial charge is 0.508 e. The van der Waals surface area contributed by atoms with Crippen LogP contribution in [0.25, 0.3) is 11.1 Å². The van der Waals surface area contributed by atoms with E-state index in [0.29, 0.717) is 24.7 Å². The highest BCUT2D eigenvalue weighted by Crippen LogP contribution is 2.56. The van der Waals surface area contributed by atoms with Crippen LogP contribution >= 0.6 is 23.2 Å². The molecule has 7 aliphatic heterocycles. The first-order valence-electron chi connectivity index (χ1n) is 43.4. The highest BCUT2D eigenvalue weighted by molar-refractivity contribution is 6.32. The molecule has 698 valence electrons. The van der Waals surface area contributed by atoms with Crippen molar-refractivity contribution in [1.82, 2.24) is 47.9 Å². The number of aliphatic hydroxyl groups is 8. The van der Waals surface area contributed by atoms with Crippen LogP contribution < -0.4 is 88.7 Å². The number of amides is 9. The number of imide groups is 1. The number of nitrogens with two attached hydrogens (primary N) is 3. The molecule has 6 aromatic carbocycles. The molecule has 38 nitrogen and oxygen atoms in total. The Bertz CT molecular complexity index is 5330. The normalized spacial score (nSPS) is 30.3. The highest BCUT2D eigenvalue weighted by atomic mass is 35.5. The van der Waals surface area contributed by atoms with Gasteiger partial charge in [0.15, 0.2) is 35.4 Å². The molecule has 0 spiro atoms. The third-order valence-corrected chi connectivity index (χ3v) is 26.4. The Morgan fingerprint density at radius 3 is 1.88 bits per heavy atom. The molecule has 7 heterocycles. The maximum absolute atomic E-state index is 16.8. The van der Waals surface area contributed by atoms with Crippen molar-refractivity contribution in [1.29, 1.82) is 0 Å². The van der Waals surface area contributed by atoms with Gasteiger partial charge in [0.2, 0.25) is 65.1 Å². The molecule has 24 N–H and O–H groups in total. The average Bonchev–Trinajstić information content (AvgIpc) is 1.54. The fourth-order valence-electron chi connectivity index (χ4n) is 19.3. The predicted octanol–water partition coefficient (Wildman–Crippen LogP) is 1.98. The minimum absolute atomic E-state index is 0.0582. The van der Waals surface area contributed by atoms with Gasteiger partial charge < -0.3 is 144 Å². The second-order valence-corrected chi connectivity index (χ2v) is 36.4. The topological polar surface area (TPSA) is 596 Å². The molecule has 0 aromatic heterocycles. The van der Waals surface area contributed by atoms with Gasteiger partial charge in [0.05, 0.1) is 54.5 Å². The van der Waals surface area contributed by atoms with Crippen molar-refractivity contribution in [2.24, 2.45) is 46.8 Å². The summed E-state index contributed by atoms with van der Waals surface area (Å²) in [5.41, 5.74) is 14.2.